The van der Waals surface area contributed by atoms with Gasteiger partial charge in [-0.3, -0.25) is 0 Å². The Morgan fingerprint density at radius 1 is 1.21 bits per heavy atom. The first-order chi connectivity index (χ1) is 11.3. The van der Waals surface area contributed by atoms with Crippen molar-refractivity contribution in [2.24, 2.45) is 11.3 Å². The van der Waals surface area contributed by atoms with Gasteiger partial charge in [-0.05, 0) is 87.5 Å². The van der Waals surface area contributed by atoms with Gasteiger partial charge in [0.2, 0.25) is 0 Å². The van der Waals surface area contributed by atoms with Crippen molar-refractivity contribution in [3.8, 4) is 0 Å². The van der Waals surface area contributed by atoms with Gasteiger partial charge >= 0.3 is 0 Å². The van der Waals surface area contributed by atoms with Gasteiger partial charge in [-0.25, -0.2) is 0 Å². The molecule has 0 bridgehead atoms. The number of fused-ring (bicyclic) bond motifs is 3. The lowest BCUT2D eigenvalue weighted by Crippen LogP contribution is -2.33. The van der Waals surface area contributed by atoms with E-state index < -0.39 is 0 Å². The maximum atomic E-state index is 4.42. The Morgan fingerprint density at radius 3 is 2.62 bits per heavy atom. The van der Waals surface area contributed by atoms with Crippen LogP contribution >= 0.6 is 22.6 Å². The van der Waals surface area contributed by atoms with Gasteiger partial charge in [0, 0.05) is 3.58 Å². The molecule has 2 aliphatic rings. The van der Waals surface area contributed by atoms with Crippen molar-refractivity contribution in [2.45, 2.75) is 46.0 Å². The molecule has 24 heavy (non-hydrogen) atoms. The minimum Gasteiger partial charge on any atom is -0.0953 e. The third kappa shape index (κ3) is 2.85. The van der Waals surface area contributed by atoms with Crippen LogP contribution in [0.4, 0.5) is 0 Å². The van der Waals surface area contributed by atoms with Crippen molar-refractivity contribution in [1.82, 2.24) is 0 Å². The Balaban J connectivity index is 1.93. The van der Waals surface area contributed by atoms with Crippen LogP contribution < -0.4 is 0 Å². The molecule has 0 spiro atoms. The van der Waals surface area contributed by atoms with Crippen LogP contribution in [-0.4, -0.2) is 0 Å². The van der Waals surface area contributed by atoms with Crippen molar-refractivity contribution in [1.29, 1.82) is 0 Å². The maximum absolute atomic E-state index is 4.42. The molecular weight excluding hydrogens is 403 g/mol. The van der Waals surface area contributed by atoms with E-state index in [1.54, 1.807) is 5.57 Å². The first-order valence-electron chi connectivity index (χ1n) is 8.79. The molecule has 0 nitrogen and oxygen atoms in total. The number of hydrogen-bond donors (Lipinski definition) is 0. The third-order valence-corrected chi connectivity index (χ3v) is 7.08. The van der Waals surface area contributed by atoms with E-state index in [2.05, 4.69) is 105 Å². The van der Waals surface area contributed by atoms with E-state index in [4.69, 9.17) is 0 Å². The molecule has 2 atom stereocenters. The van der Waals surface area contributed by atoms with Crippen LogP contribution in [0.1, 0.15) is 51.7 Å². The van der Waals surface area contributed by atoms with E-state index in [-0.39, 0.29) is 10.8 Å². The second-order valence-corrected chi connectivity index (χ2v) is 9.23. The van der Waals surface area contributed by atoms with E-state index in [0.717, 1.165) is 6.42 Å². The van der Waals surface area contributed by atoms with Crippen molar-refractivity contribution in [3.05, 3.63) is 75.4 Å². The second kappa shape index (κ2) is 6.33. The normalized spacial score (nSPS) is 28.5. The Kier molecular flexibility index (Phi) is 4.67. The predicted octanol–water partition coefficient (Wildman–Crippen LogP) is 7.23. The van der Waals surface area contributed by atoms with Crippen LogP contribution in [0.25, 0.3) is 5.57 Å². The lowest BCUT2D eigenvalue weighted by Gasteiger charge is -2.41. The first-order valence-corrected chi connectivity index (χ1v) is 9.86. The summed E-state index contributed by atoms with van der Waals surface area (Å²) >= 11 is 2.37. The minimum atomic E-state index is 0.147. The molecule has 1 aromatic rings. The summed E-state index contributed by atoms with van der Waals surface area (Å²) in [7, 11) is 0. The highest BCUT2D eigenvalue weighted by Gasteiger charge is 2.47. The second-order valence-electron chi connectivity index (χ2n) is 7.98. The summed E-state index contributed by atoms with van der Waals surface area (Å²) in [6.45, 7) is 13.7. The molecule has 1 aromatic carbocycles. The Labute approximate surface area is 160 Å². The highest BCUT2D eigenvalue weighted by molar-refractivity contribution is 14.1. The third-order valence-electron chi connectivity index (χ3n) is 6.10. The minimum absolute atomic E-state index is 0.147. The molecule has 0 fully saturated rings. The summed E-state index contributed by atoms with van der Waals surface area (Å²) in [5.41, 5.74) is 6.14. The molecule has 1 heteroatoms. The molecule has 0 N–H and O–H groups in total. The number of rotatable bonds is 3. The quantitative estimate of drug-likeness (QED) is 0.351. The lowest BCUT2D eigenvalue weighted by molar-refractivity contribution is 0.260. The monoisotopic (exact) mass is 430 g/mol. The molecule has 0 saturated heterocycles. The fraction of sp³-hybridized carbons (Fsp3) is 0.391. The maximum Gasteiger partial charge on any atom is 0.00872 e. The molecule has 0 radical (unpaired) electrons. The summed E-state index contributed by atoms with van der Waals surface area (Å²) in [6.07, 6.45) is 11.3. The number of hydrogen-bond acceptors (Lipinski definition) is 0. The van der Waals surface area contributed by atoms with E-state index in [0.29, 0.717) is 5.92 Å². The van der Waals surface area contributed by atoms with E-state index >= 15 is 0 Å². The molecule has 126 valence electrons. The molecule has 2 aliphatic carbocycles. The van der Waals surface area contributed by atoms with Gasteiger partial charge in [0.05, 0.1) is 0 Å². The summed E-state index contributed by atoms with van der Waals surface area (Å²) in [5, 5.41) is 0. The smallest absolute Gasteiger partial charge is 0.00872 e. The highest BCUT2D eigenvalue weighted by Crippen LogP contribution is 2.58. The predicted molar refractivity (Wildman–Crippen MR) is 114 cm³/mol. The van der Waals surface area contributed by atoms with Crippen molar-refractivity contribution in [3.63, 3.8) is 0 Å². The molecule has 0 aliphatic heterocycles. The van der Waals surface area contributed by atoms with Gasteiger partial charge in [-0.2, -0.15) is 0 Å². The van der Waals surface area contributed by atoms with Crippen molar-refractivity contribution < 1.29 is 0 Å². The van der Waals surface area contributed by atoms with Crippen molar-refractivity contribution >= 4 is 28.2 Å². The molecule has 0 amide bonds. The number of halogens is 1. The van der Waals surface area contributed by atoms with Gasteiger partial charge in [0.15, 0.2) is 0 Å². The summed E-state index contributed by atoms with van der Waals surface area (Å²) in [6, 6.07) is 8.97. The van der Waals surface area contributed by atoms with Gasteiger partial charge in [0.25, 0.3) is 0 Å². The van der Waals surface area contributed by atoms with Gasteiger partial charge < -0.3 is 0 Å². The van der Waals surface area contributed by atoms with Crippen molar-refractivity contribution in [2.75, 3.05) is 0 Å². The molecule has 0 aromatic heterocycles. The average molecular weight is 430 g/mol. The van der Waals surface area contributed by atoms with Gasteiger partial charge in [-0.1, -0.05) is 69.8 Å². The van der Waals surface area contributed by atoms with Crippen LogP contribution in [0.2, 0.25) is 0 Å². The molecular formula is C23H27I. The van der Waals surface area contributed by atoms with E-state index in [9.17, 15) is 0 Å². The van der Waals surface area contributed by atoms with Crippen LogP contribution in [-0.2, 0) is 5.41 Å². The fourth-order valence-electron chi connectivity index (χ4n) is 4.29. The topological polar surface area (TPSA) is 0 Å². The van der Waals surface area contributed by atoms with Crippen LogP contribution in [0.3, 0.4) is 0 Å². The largest absolute Gasteiger partial charge is 0.0953 e. The molecule has 3 rings (SSSR count). The van der Waals surface area contributed by atoms with Crippen LogP contribution in [0, 0.1) is 11.3 Å². The average Bonchev–Trinajstić information content (AvgIpc) is 2.80. The van der Waals surface area contributed by atoms with Crippen LogP contribution in [0.5, 0.6) is 0 Å². The lowest BCUT2D eigenvalue weighted by atomic mass is 9.62. The summed E-state index contributed by atoms with van der Waals surface area (Å²) in [5.74, 6) is 0.583. The number of benzene rings is 1. The molecule has 0 heterocycles. The standard InChI is InChI=1S/C23H27I/c1-6-17(24)12-11-16(2)23(5)14-13-19-18-9-7-8-10-20(18)22(3,4)21(19)15-23/h6-13,21H,2,14-15H2,1,3-5H3/b12-11-,17-6+/t21?,23-/m0/s1. The summed E-state index contributed by atoms with van der Waals surface area (Å²) in [4.78, 5) is 0. The highest BCUT2D eigenvalue weighted by atomic mass is 127. The number of allylic oxidation sites excluding steroid dienone is 7. The van der Waals surface area contributed by atoms with Gasteiger partial charge in [0.1, 0.15) is 0 Å². The summed E-state index contributed by atoms with van der Waals surface area (Å²) < 4.78 is 1.26. The van der Waals surface area contributed by atoms with E-state index in [1.807, 2.05) is 0 Å². The molecule has 1 unspecified atom stereocenters. The first kappa shape index (κ1) is 17.7. The fourth-order valence-corrected chi connectivity index (χ4v) is 4.47. The SMILES string of the molecule is C=C(/C=C\C(I)=C/C)[C@@]1(C)CC=C2c3ccccc3C(C)(C)C2C1. The van der Waals surface area contributed by atoms with Crippen LogP contribution in [0.15, 0.2) is 64.3 Å². The Morgan fingerprint density at radius 2 is 1.92 bits per heavy atom. The zero-order valence-electron chi connectivity index (χ0n) is 15.2. The zero-order valence-corrected chi connectivity index (χ0v) is 17.4. The van der Waals surface area contributed by atoms with E-state index in [1.165, 1.54) is 26.7 Å². The Bertz CT molecular complexity index is 760. The molecule has 0 saturated carbocycles. The Hall–Kier alpha value is -1.09. The van der Waals surface area contributed by atoms with Gasteiger partial charge in [-0.15, -0.1) is 0 Å². The zero-order chi connectivity index (χ0) is 17.5.